The van der Waals surface area contributed by atoms with E-state index in [0.29, 0.717) is 24.9 Å². The van der Waals surface area contributed by atoms with Gasteiger partial charge in [-0.1, -0.05) is 12.1 Å². The number of rotatable bonds is 8. The van der Waals surface area contributed by atoms with Gasteiger partial charge in [0.2, 0.25) is 17.7 Å². The molecule has 1 aliphatic heterocycles. The van der Waals surface area contributed by atoms with E-state index in [1.54, 1.807) is 12.1 Å². The van der Waals surface area contributed by atoms with Gasteiger partial charge in [0.15, 0.2) is 0 Å². The van der Waals surface area contributed by atoms with Crippen molar-refractivity contribution in [3.8, 4) is 5.75 Å². The minimum absolute atomic E-state index is 0.0363. The molecular formula is C18H24N4O6. The summed E-state index contributed by atoms with van der Waals surface area (Å²) in [6, 6.07) is 4.05. The number of hydrogen-bond acceptors (Lipinski definition) is 6. The highest BCUT2D eigenvalue weighted by Gasteiger charge is 2.35. The highest BCUT2D eigenvalue weighted by molar-refractivity contribution is 5.92. The third kappa shape index (κ3) is 5.68. The maximum atomic E-state index is 12.6. The van der Waals surface area contributed by atoms with Crippen molar-refractivity contribution in [1.82, 2.24) is 15.5 Å². The van der Waals surface area contributed by atoms with Crippen molar-refractivity contribution in [3.05, 3.63) is 29.8 Å². The van der Waals surface area contributed by atoms with Crippen LogP contribution in [-0.2, 0) is 25.6 Å². The lowest BCUT2D eigenvalue weighted by molar-refractivity contribution is -0.143. The fourth-order valence-electron chi connectivity index (χ4n) is 3.02. The molecule has 2 rings (SSSR count). The zero-order valence-corrected chi connectivity index (χ0v) is 15.3. The number of hydrogen-bond donors (Lipinski definition) is 5. The van der Waals surface area contributed by atoms with Crippen molar-refractivity contribution in [2.45, 2.75) is 31.3 Å². The number of carbonyl (C=O) groups excluding carboxylic acids is 3. The predicted molar refractivity (Wildman–Crippen MR) is 98.2 cm³/mol. The number of carbonyl (C=O) groups is 4. The van der Waals surface area contributed by atoms with Crippen LogP contribution in [-0.4, -0.2) is 70.5 Å². The van der Waals surface area contributed by atoms with E-state index in [-0.39, 0.29) is 25.3 Å². The Morgan fingerprint density at radius 3 is 2.50 bits per heavy atom. The lowest BCUT2D eigenvalue weighted by Crippen LogP contribution is -2.53. The normalized spacial score (nSPS) is 17.0. The van der Waals surface area contributed by atoms with Crippen molar-refractivity contribution >= 4 is 23.7 Å². The molecule has 2 atom stereocenters. The van der Waals surface area contributed by atoms with Crippen LogP contribution in [0.25, 0.3) is 0 Å². The van der Waals surface area contributed by atoms with Crippen LogP contribution >= 0.6 is 0 Å². The standard InChI is InChI=1S/C18H24N4O6/c19-9-15(24)20-10-16(25)22-7-1-2-14(22)17(26)21-13(18(27)28)8-11-3-5-12(23)6-4-11/h3-6,13-14,23H,1-2,7-10,19H2,(H,20,24)(H,21,26)(H,27,28). The molecule has 1 aromatic carbocycles. The Morgan fingerprint density at radius 1 is 1.21 bits per heavy atom. The molecule has 1 heterocycles. The zero-order valence-electron chi connectivity index (χ0n) is 15.3. The Morgan fingerprint density at radius 2 is 1.89 bits per heavy atom. The second-order valence-corrected chi connectivity index (χ2v) is 6.50. The summed E-state index contributed by atoms with van der Waals surface area (Å²) < 4.78 is 0. The number of likely N-dealkylation sites (tertiary alicyclic amines) is 1. The first-order valence-corrected chi connectivity index (χ1v) is 8.89. The molecule has 0 radical (unpaired) electrons. The van der Waals surface area contributed by atoms with Gasteiger partial charge in [-0.25, -0.2) is 4.79 Å². The number of nitrogens with one attached hydrogen (secondary N) is 2. The zero-order chi connectivity index (χ0) is 20.7. The summed E-state index contributed by atoms with van der Waals surface area (Å²) >= 11 is 0. The van der Waals surface area contributed by atoms with Crippen LogP contribution in [0, 0.1) is 0 Å². The van der Waals surface area contributed by atoms with Crippen LogP contribution in [0.5, 0.6) is 5.75 Å². The second-order valence-electron chi connectivity index (χ2n) is 6.50. The third-order valence-corrected chi connectivity index (χ3v) is 4.49. The summed E-state index contributed by atoms with van der Waals surface area (Å²) in [5.74, 6) is -2.60. The van der Waals surface area contributed by atoms with E-state index in [4.69, 9.17) is 5.73 Å². The van der Waals surface area contributed by atoms with E-state index in [1.165, 1.54) is 17.0 Å². The quantitative estimate of drug-likeness (QED) is 0.362. The first-order valence-electron chi connectivity index (χ1n) is 8.89. The molecule has 1 saturated heterocycles. The number of aliphatic carboxylic acids is 1. The van der Waals surface area contributed by atoms with Crippen LogP contribution in [0.4, 0.5) is 0 Å². The smallest absolute Gasteiger partial charge is 0.326 e. The average molecular weight is 392 g/mol. The van der Waals surface area contributed by atoms with E-state index in [1.807, 2.05) is 0 Å². The number of phenolic OH excluding ortho intramolecular Hbond substituents is 1. The Balaban J connectivity index is 1.99. The third-order valence-electron chi connectivity index (χ3n) is 4.49. The lowest BCUT2D eigenvalue weighted by atomic mass is 10.0. The van der Waals surface area contributed by atoms with Crippen LogP contribution < -0.4 is 16.4 Å². The molecule has 0 spiro atoms. The van der Waals surface area contributed by atoms with Crippen molar-refractivity contribution < 1.29 is 29.4 Å². The Hall–Kier alpha value is -3.14. The Kier molecular flexibility index (Phi) is 7.33. The topological polar surface area (TPSA) is 162 Å². The van der Waals surface area contributed by atoms with Gasteiger partial charge >= 0.3 is 5.97 Å². The minimum Gasteiger partial charge on any atom is -0.508 e. The van der Waals surface area contributed by atoms with Gasteiger partial charge in [0.25, 0.3) is 0 Å². The molecule has 2 unspecified atom stereocenters. The van der Waals surface area contributed by atoms with Gasteiger partial charge in [0.05, 0.1) is 13.1 Å². The van der Waals surface area contributed by atoms with Gasteiger partial charge in [-0.05, 0) is 30.5 Å². The number of phenols is 1. The molecule has 0 saturated carbocycles. The summed E-state index contributed by atoms with van der Waals surface area (Å²) in [6.07, 6.45) is 1.05. The molecule has 152 valence electrons. The number of nitrogens with two attached hydrogens (primary N) is 1. The molecule has 28 heavy (non-hydrogen) atoms. The largest absolute Gasteiger partial charge is 0.508 e. The highest BCUT2D eigenvalue weighted by atomic mass is 16.4. The number of carboxylic acid groups (broad SMARTS) is 1. The Bertz CT molecular complexity index is 736. The van der Waals surface area contributed by atoms with Crippen LogP contribution in [0.3, 0.4) is 0 Å². The van der Waals surface area contributed by atoms with Crippen molar-refractivity contribution in [2.75, 3.05) is 19.6 Å². The molecule has 1 aliphatic rings. The van der Waals surface area contributed by atoms with Gasteiger partial charge in [-0.15, -0.1) is 0 Å². The van der Waals surface area contributed by atoms with Gasteiger partial charge in [0.1, 0.15) is 17.8 Å². The van der Waals surface area contributed by atoms with Gasteiger partial charge < -0.3 is 31.5 Å². The van der Waals surface area contributed by atoms with E-state index in [2.05, 4.69) is 10.6 Å². The molecule has 0 bridgehead atoms. The van der Waals surface area contributed by atoms with E-state index in [0.717, 1.165) is 0 Å². The number of amides is 3. The fraction of sp³-hybridized carbons (Fsp3) is 0.444. The average Bonchev–Trinajstić information content (AvgIpc) is 3.16. The molecule has 3 amide bonds. The summed E-state index contributed by atoms with van der Waals surface area (Å²) in [6.45, 7) is -0.157. The van der Waals surface area contributed by atoms with Crippen molar-refractivity contribution in [1.29, 1.82) is 0 Å². The summed E-state index contributed by atoms with van der Waals surface area (Å²) in [4.78, 5) is 48.9. The molecule has 0 aliphatic carbocycles. The van der Waals surface area contributed by atoms with Gasteiger partial charge in [-0.3, -0.25) is 14.4 Å². The first kappa shape index (κ1) is 21.2. The van der Waals surface area contributed by atoms with Crippen molar-refractivity contribution in [3.63, 3.8) is 0 Å². The van der Waals surface area contributed by atoms with Crippen molar-refractivity contribution in [2.24, 2.45) is 5.73 Å². The van der Waals surface area contributed by atoms with Crippen LogP contribution in [0.2, 0.25) is 0 Å². The number of carboxylic acids is 1. The molecule has 6 N–H and O–H groups in total. The molecule has 10 heteroatoms. The summed E-state index contributed by atoms with van der Waals surface area (Å²) in [5, 5.41) is 23.6. The first-order chi connectivity index (χ1) is 13.3. The number of benzene rings is 1. The highest BCUT2D eigenvalue weighted by Crippen LogP contribution is 2.18. The number of nitrogens with zero attached hydrogens (tertiary/aromatic N) is 1. The van der Waals surface area contributed by atoms with E-state index >= 15 is 0 Å². The fourth-order valence-corrected chi connectivity index (χ4v) is 3.02. The molecule has 1 fully saturated rings. The summed E-state index contributed by atoms with van der Waals surface area (Å²) in [7, 11) is 0. The van der Waals surface area contributed by atoms with Gasteiger partial charge in [-0.2, -0.15) is 0 Å². The SMILES string of the molecule is NCC(=O)NCC(=O)N1CCCC1C(=O)NC(Cc1ccc(O)cc1)C(=O)O. The monoisotopic (exact) mass is 392 g/mol. The molecule has 1 aromatic rings. The van der Waals surface area contributed by atoms with Crippen LogP contribution in [0.1, 0.15) is 18.4 Å². The molecule has 0 aromatic heterocycles. The lowest BCUT2D eigenvalue weighted by Gasteiger charge is -2.25. The van der Waals surface area contributed by atoms with Crippen LogP contribution in [0.15, 0.2) is 24.3 Å². The second kappa shape index (κ2) is 9.70. The van der Waals surface area contributed by atoms with E-state index in [9.17, 15) is 29.4 Å². The number of aromatic hydroxyl groups is 1. The summed E-state index contributed by atoms with van der Waals surface area (Å²) in [5.41, 5.74) is 5.81. The minimum atomic E-state index is -1.20. The molecule has 10 nitrogen and oxygen atoms in total. The maximum absolute atomic E-state index is 12.6. The Labute approximate surface area is 161 Å². The van der Waals surface area contributed by atoms with E-state index < -0.39 is 35.8 Å². The van der Waals surface area contributed by atoms with Gasteiger partial charge in [0, 0.05) is 13.0 Å². The maximum Gasteiger partial charge on any atom is 0.326 e. The molecular weight excluding hydrogens is 368 g/mol. The predicted octanol–water partition coefficient (Wildman–Crippen LogP) is -1.43.